The van der Waals surface area contributed by atoms with E-state index in [0.717, 1.165) is 33.7 Å². The molecule has 4 rings (SSSR count). The van der Waals surface area contributed by atoms with Crippen LogP contribution in [-0.2, 0) is 16.0 Å². The van der Waals surface area contributed by atoms with E-state index < -0.39 is 4.83 Å². The summed E-state index contributed by atoms with van der Waals surface area (Å²) in [7, 11) is 6.92. The lowest BCUT2D eigenvalue weighted by Crippen LogP contribution is -2.27. The van der Waals surface area contributed by atoms with E-state index in [1.807, 2.05) is 48.7 Å². The minimum absolute atomic E-state index is 0.0554. The summed E-state index contributed by atoms with van der Waals surface area (Å²) in [4.78, 5) is 43.1. The molecule has 0 bridgehead atoms. The minimum atomic E-state index is -0.458. The third-order valence-electron chi connectivity index (χ3n) is 6.48. The van der Waals surface area contributed by atoms with E-state index in [1.54, 1.807) is 45.2 Å². The summed E-state index contributed by atoms with van der Waals surface area (Å²) in [6, 6.07) is 19.7. The highest BCUT2D eigenvalue weighted by atomic mass is 79.9. The summed E-state index contributed by atoms with van der Waals surface area (Å²) in [5, 5.41) is 0. The fourth-order valence-electron chi connectivity index (χ4n) is 3.94. The molecule has 0 N–H and O–H groups in total. The van der Waals surface area contributed by atoms with Gasteiger partial charge < -0.3 is 14.2 Å². The lowest BCUT2D eigenvalue weighted by atomic mass is 10.0. The molecule has 0 aliphatic rings. The monoisotopic (exact) mass is 604 g/mol. The maximum Gasteiger partial charge on any atom is 0.228 e. The third-order valence-corrected chi connectivity index (χ3v) is 7.22. The van der Waals surface area contributed by atoms with Gasteiger partial charge >= 0.3 is 0 Å². The Morgan fingerprint density at radius 1 is 0.775 bits per heavy atom. The van der Waals surface area contributed by atoms with Crippen molar-refractivity contribution >= 4 is 39.2 Å². The molecule has 2 heterocycles. The van der Waals surface area contributed by atoms with Gasteiger partial charge in [-0.2, -0.15) is 0 Å². The standard InChI is InChI=1S/C19H21N3O.C13H16BrNO2/c1-13-5-8-15(9-6-13)19-16(11-18(23)21(3)4)22-12-14(2)7-10-17(22)20-19;1-9-4-6-10(7-5-9)13(17)11(14)8-12(16)15(2)3/h5-10,12H,11H2,1-4H3;4-7,11H,8H2,1-3H3. The van der Waals surface area contributed by atoms with Crippen LogP contribution in [-0.4, -0.2) is 69.8 Å². The Morgan fingerprint density at radius 2 is 1.30 bits per heavy atom. The largest absolute Gasteiger partial charge is 0.349 e. The Morgan fingerprint density at radius 3 is 1.85 bits per heavy atom. The van der Waals surface area contributed by atoms with Gasteiger partial charge in [-0.05, 0) is 32.4 Å². The van der Waals surface area contributed by atoms with Crippen molar-refractivity contribution in [3.05, 3.63) is 94.8 Å². The number of alkyl halides is 1. The highest BCUT2D eigenvalue weighted by molar-refractivity contribution is 9.10. The highest BCUT2D eigenvalue weighted by Crippen LogP contribution is 2.26. The molecule has 1 atom stereocenters. The molecule has 210 valence electrons. The zero-order valence-corrected chi connectivity index (χ0v) is 25.8. The number of Topliss-reactive ketones (excluding diaryl/α,β-unsaturated/α-hetero) is 1. The van der Waals surface area contributed by atoms with Gasteiger partial charge in [0.25, 0.3) is 0 Å². The zero-order chi connectivity index (χ0) is 29.6. The third kappa shape index (κ3) is 7.88. The molecule has 0 radical (unpaired) electrons. The van der Waals surface area contributed by atoms with Crippen LogP contribution >= 0.6 is 15.9 Å². The maximum absolute atomic E-state index is 12.3. The number of carbonyl (C=O) groups excluding carboxylic acids is 3. The van der Waals surface area contributed by atoms with Gasteiger partial charge in [0.2, 0.25) is 11.8 Å². The number of rotatable bonds is 7. The molecule has 0 saturated heterocycles. The van der Waals surface area contributed by atoms with Crippen LogP contribution in [0.1, 0.15) is 39.2 Å². The van der Waals surface area contributed by atoms with Crippen molar-refractivity contribution in [3.8, 4) is 11.3 Å². The molecule has 0 fully saturated rings. The van der Waals surface area contributed by atoms with E-state index in [9.17, 15) is 14.4 Å². The van der Waals surface area contributed by atoms with Crippen molar-refractivity contribution in [3.63, 3.8) is 0 Å². The van der Waals surface area contributed by atoms with Gasteiger partial charge in [-0.15, -0.1) is 0 Å². The summed E-state index contributed by atoms with van der Waals surface area (Å²) in [5.74, 6) is -0.0470. The number of hydrogen-bond acceptors (Lipinski definition) is 4. The number of halogens is 1. The van der Waals surface area contributed by atoms with Crippen LogP contribution in [0.15, 0.2) is 66.9 Å². The average molecular weight is 606 g/mol. The van der Waals surface area contributed by atoms with Crippen LogP contribution < -0.4 is 0 Å². The number of fused-ring (bicyclic) bond motifs is 1. The smallest absolute Gasteiger partial charge is 0.228 e. The molecule has 7 nitrogen and oxygen atoms in total. The van der Waals surface area contributed by atoms with Crippen molar-refractivity contribution in [2.24, 2.45) is 0 Å². The molecule has 0 aliphatic heterocycles. The molecule has 4 aromatic rings. The first-order chi connectivity index (χ1) is 18.9. The quantitative estimate of drug-likeness (QED) is 0.201. The number of aromatic nitrogens is 2. The first-order valence-corrected chi connectivity index (χ1v) is 14.0. The number of nitrogens with zero attached hydrogens (tertiary/aromatic N) is 4. The summed E-state index contributed by atoms with van der Waals surface area (Å²) < 4.78 is 2.03. The maximum atomic E-state index is 12.3. The van der Waals surface area contributed by atoms with Crippen molar-refractivity contribution in [2.75, 3.05) is 28.2 Å². The second-order valence-corrected chi connectivity index (χ2v) is 11.5. The van der Waals surface area contributed by atoms with Gasteiger partial charge in [0.1, 0.15) is 5.65 Å². The van der Waals surface area contributed by atoms with Crippen molar-refractivity contribution in [1.29, 1.82) is 0 Å². The zero-order valence-electron chi connectivity index (χ0n) is 24.2. The Balaban J connectivity index is 0.000000232. The second-order valence-electron chi connectivity index (χ2n) is 10.4. The van der Waals surface area contributed by atoms with Gasteiger partial charge in [-0.1, -0.05) is 81.7 Å². The van der Waals surface area contributed by atoms with Crippen molar-refractivity contribution in [1.82, 2.24) is 19.2 Å². The SMILES string of the molecule is Cc1ccc(-c2nc3ccc(C)cn3c2CC(=O)N(C)C)cc1.Cc1ccc(C(=O)C(Br)CC(=O)N(C)C)cc1. The predicted octanol–water partition coefficient (Wildman–Crippen LogP) is 5.67. The first kappa shape index (κ1) is 30.8. The van der Waals surface area contributed by atoms with E-state index in [-0.39, 0.29) is 24.0 Å². The first-order valence-electron chi connectivity index (χ1n) is 13.1. The van der Waals surface area contributed by atoms with E-state index in [4.69, 9.17) is 4.98 Å². The lowest BCUT2D eigenvalue weighted by molar-refractivity contribution is -0.129. The van der Waals surface area contributed by atoms with Gasteiger partial charge in [-0.3, -0.25) is 14.4 Å². The summed E-state index contributed by atoms with van der Waals surface area (Å²) in [6.07, 6.45) is 2.55. The van der Waals surface area contributed by atoms with Crippen LogP contribution in [0.5, 0.6) is 0 Å². The van der Waals surface area contributed by atoms with Gasteiger partial charge in [0.15, 0.2) is 5.78 Å². The molecule has 2 aromatic heterocycles. The van der Waals surface area contributed by atoms with Gasteiger partial charge in [0.05, 0.1) is 22.6 Å². The molecule has 2 aromatic carbocycles. The van der Waals surface area contributed by atoms with Gasteiger partial charge in [-0.25, -0.2) is 4.98 Å². The Kier molecular flexibility index (Phi) is 10.4. The predicted molar refractivity (Wildman–Crippen MR) is 164 cm³/mol. The number of hydrogen-bond donors (Lipinski definition) is 0. The minimum Gasteiger partial charge on any atom is -0.349 e. The lowest BCUT2D eigenvalue weighted by Gasteiger charge is -2.13. The molecule has 0 saturated carbocycles. The van der Waals surface area contributed by atoms with E-state index in [2.05, 4.69) is 47.1 Å². The fourth-order valence-corrected chi connectivity index (χ4v) is 4.48. The van der Waals surface area contributed by atoms with Crippen LogP contribution in [0, 0.1) is 20.8 Å². The topological polar surface area (TPSA) is 75.0 Å². The number of likely N-dealkylation sites (N-methyl/N-ethyl adjacent to an activating group) is 1. The van der Waals surface area contributed by atoms with Crippen LogP contribution in [0.25, 0.3) is 16.9 Å². The van der Waals surface area contributed by atoms with Crippen molar-refractivity contribution in [2.45, 2.75) is 38.4 Å². The Hall–Kier alpha value is -3.78. The number of benzene rings is 2. The molecule has 0 spiro atoms. The molecule has 40 heavy (non-hydrogen) atoms. The number of amides is 2. The molecular formula is C32H37BrN4O3. The van der Waals surface area contributed by atoms with Gasteiger partial charge in [0, 0.05) is 51.9 Å². The Labute approximate surface area is 245 Å². The second kappa shape index (κ2) is 13.5. The summed E-state index contributed by atoms with van der Waals surface area (Å²) in [6.45, 7) is 6.07. The number of ketones is 1. The number of pyridine rings is 1. The normalized spacial score (nSPS) is 11.4. The Bertz CT molecular complexity index is 1490. The number of aryl methyl sites for hydroxylation is 3. The molecular weight excluding hydrogens is 568 g/mol. The fraction of sp³-hybridized carbons (Fsp3) is 0.312. The number of carbonyl (C=O) groups is 3. The highest BCUT2D eigenvalue weighted by Gasteiger charge is 2.21. The van der Waals surface area contributed by atoms with E-state index in [0.29, 0.717) is 12.0 Å². The average Bonchev–Trinajstić information content (AvgIpc) is 3.26. The van der Waals surface area contributed by atoms with Crippen LogP contribution in [0.3, 0.4) is 0 Å². The summed E-state index contributed by atoms with van der Waals surface area (Å²) >= 11 is 3.27. The van der Waals surface area contributed by atoms with Crippen LogP contribution in [0.4, 0.5) is 0 Å². The van der Waals surface area contributed by atoms with E-state index >= 15 is 0 Å². The molecule has 0 aliphatic carbocycles. The van der Waals surface area contributed by atoms with Crippen molar-refractivity contribution < 1.29 is 14.4 Å². The number of imidazole rings is 1. The molecule has 8 heteroatoms. The summed E-state index contributed by atoms with van der Waals surface area (Å²) in [5.41, 5.74) is 7.81. The van der Waals surface area contributed by atoms with E-state index in [1.165, 1.54) is 10.5 Å². The molecule has 1 unspecified atom stereocenters. The van der Waals surface area contributed by atoms with Crippen LogP contribution in [0.2, 0.25) is 0 Å². The molecule has 2 amide bonds.